The van der Waals surface area contributed by atoms with E-state index < -0.39 is 5.97 Å². The summed E-state index contributed by atoms with van der Waals surface area (Å²) in [6.45, 7) is 9.46. The lowest BCUT2D eigenvalue weighted by Gasteiger charge is -1.94. The highest BCUT2D eigenvalue weighted by atomic mass is 35.5. The quantitative estimate of drug-likeness (QED) is 0.561. The smallest absolute Gasteiger partial charge is 0.338 e. The van der Waals surface area contributed by atoms with Crippen LogP contribution in [-0.2, 0) is 0 Å². The third kappa shape index (κ3) is 9.22. The van der Waals surface area contributed by atoms with Gasteiger partial charge in [0.05, 0.1) is 11.1 Å². The number of aromatic nitrogens is 2. The van der Waals surface area contributed by atoms with E-state index in [1.807, 2.05) is 27.7 Å². The minimum Gasteiger partial charge on any atom is -0.478 e. The first-order chi connectivity index (χ1) is 11.4. The number of pyridine rings is 2. The lowest BCUT2D eigenvalue weighted by atomic mass is 10.2. The van der Waals surface area contributed by atoms with Gasteiger partial charge >= 0.3 is 5.97 Å². The number of carboxylic acids is 1. The average Bonchev–Trinajstić information content (AvgIpc) is 2.59. The fraction of sp³-hybridized carbons (Fsp3) is 0.294. The van der Waals surface area contributed by atoms with Crippen LogP contribution in [-0.4, -0.2) is 26.8 Å². The molecule has 2 aromatic heterocycles. The Labute approximate surface area is 152 Å². The zero-order chi connectivity index (χ0) is 19.1. The van der Waals surface area contributed by atoms with Crippen LogP contribution in [0.3, 0.4) is 0 Å². The molecule has 2 aromatic rings. The molecule has 0 aromatic carbocycles. The molecule has 0 radical (unpaired) electrons. The predicted molar refractivity (Wildman–Crippen MR) is 98.2 cm³/mol. The highest BCUT2D eigenvalue weighted by Crippen LogP contribution is 2.11. The van der Waals surface area contributed by atoms with Crippen molar-refractivity contribution in [1.82, 2.24) is 9.97 Å². The number of carbonyl (C=O) groups excluding carboxylic acids is 1. The van der Waals surface area contributed by atoms with Crippen LogP contribution in [0.15, 0.2) is 36.7 Å². The third-order valence-corrected chi connectivity index (χ3v) is 2.73. The lowest BCUT2D eigenvalue weighted by Crippen LogP contribution is -1.97. The Hall–Kier alpha value is -1.98. The molecule has 2 rings (SSSR count). The topological polar surface area (TPSA) is 80.2 Å². The van der Waals surface area contributed by atoms with E-state index in [9.17, 15) is 9.59 Å². The van der Waals surface area contributed by atoms with Crippen molar-refractivity contribution >= 4 is 35.0 Å². The van der Waals surface area contributed by atoms with Crippen molar-refractivity contribution in [2.45, 2.75) is 34.6 Å². The molecule has 1 N–H and O–H groups in total. The Morgan fingerprint density at radius 2 is 1.25 bits per heavy atom. The Morgan fingerprint density at radius 3 is 1.46 bits per heavy atom. The summed E-state index contributed by atoms with van der Waals surface area (Å²) in [4.78, 5) is 28.4. The maximum Gasteiger partial charge on any atom is 0.338 e. The van der Waals surface area contributed by atoms with Crippen LogP contribution in [0.1, 0.15) is 55.3 Å². The van der Waals surface area contributed by atoms with E-state index in [1.54, 1.807) is 18.3 Å². The van der Waals surface area contributed by atoms with E-state index >= 15 is 0 Å². The van der Waals surface area contributed by atoms with Crippen LogP contribution < -0.4 is 0 Å². The molecule has 2 heterocycles. The summed E-state index contributed by atoms with van der Waals surface area (Å²) in [7, 11) is 0. The fourth-order valence-corrected chi connectivity index (χ4v) is 1.65. The Morgan fingerprint density at radius 1 is 0.875 bits per heavy atom. The minimum atomic E-state index is -1.06. The Balaban J connectivity index is 0. The number of ketones is 1. The minimum absolute atomic E-state index is 0.0231. The van der Waals surface area contributed by atoms with Crippen molar-refractivity contribution in [2.24, 2.45) is 0 Å². The number of Topliss-reactive ketones (excluding diaryl/α,β-unsaturated/α-hetero) is 1. The number of aromatic carboxylic acids is 1. The van der Waals surface area contributed by atoms with Crippen molar-refractivity contribution in [2.75, 3.05) is 0 Å². The van der Waals surface area contributed by atoms with Crippen LogP contribution in [0.2, 0.25) is 10.3 Å². The second-order valence-electron chi connectivity index (χ2n) is 3.54. The molecule has 0 unspecified atom stereocenters. The summed E-state index contributed by atoms with van der Waals surface area (Å²) in [6.07, 6.45) is 2.99. The van der Waals surface area contributed by atoms with Gasteiger partial charge in [-0.25, -0.2) is 14.8 Å². The van der Waals surface area contributed by atoms with Gasteiger partial charge in [-0.15, -0.1) is 0 Å². The molecule has 5 nitrogen and oxygen atoms in total. The highest BCUT2D eigenvalue weighted by Gasteiger charge is 2.06. The monoisotopic (exact) mass is 372 g/mol. The van der Waals surface area contributed by atoms with Gasteiger partial charge in [0.1, 0.15) is 10.3 Å². The molecule has 0 atom stereocenters. The number of hydrogen-bond acceptors (Lipinski definition) is 4. The predicted octanol–water partition coefficient (Wildman–Crippen LogP) is 5.42. The maximum absolute atomic E-state index is 10.7. The normalized spacial score (nSPS) is 8.29. The van der Waals surface area contributed by atoms with E-state index in [1.165, 1.54) is 25.3 Å². The number of halogens is 2. The standard InChI is InChI=1S/C7H6ClNO.C6H4ClNO2.2C2H6/c1-5(10)6-3-2-4-9-7(6)8;7-5-4(6(9)10)2-1-3-8-5;2*1-2/h2-4H,1H3;1-3H,(H,9,10);2*1-2H3. The molecule has 0 saturated heterocycles. The van der Waals surface area contributed by atoms with Crippen LogP contribution in [0.4, 0.5) is 0 Å². The van der Waals surface area contributed by atoms with Gasteiger partial charge in [0, 0.05) is 12.4 Å². The molecular weight excluding hydrogens is 351 g/mol. The first-order valence-electron chi connectivity index (χ1n) is 7.38. The molecule has 132 valence electrons. The molecule has 7 heteroatoms. The van der Waals surface area contributed by atoms with Crippen LogP contribution in [0, 0.1) is 0 Å². The van der Waals surface area contributed by atoms with Crippen LogP contribution in [0.5, 0.6) is 0 Å². The van der Waals surface area contributed by atoms with Gasteiger partial charge in [-0.1, -0.05) is 50.9 Å². The number of rotatable bonds is 2. The molecule has 24 heavy (non-hydrogen) atoms. The molecular formula is C17H22Cl2N2O3. The number of nitrogens with zero attached hydrogens (tertiary/aromatic N) is 2. The molecule has 0 fully saturated rings. The number of hydrogen-bond donors (Lipinski definition) is 1. The summed E-state index contributed by atoms with van der Waals surface area (Å²) in [5, 5.41) is 8.74. The first-order valence-corrected chi connectivity index (χ1v) is 8.14. The summed E-state index contributed by atoms with van der Waals surface area (Å²) < 4.78 is 0. The SMILES string of the molecule is CC.CC.CC(=O)c1cccnc1Cl.O=C(O)c1cccnc1Cl. The zero-order valence-electron chi connectivity index (χ0n) is 14.4. The van der Waals surface area contributed by atoms with Gasteiger partial charge < -0.3 is 5.11 Å². The van der Waals surface area contributed by atoms with E-state index in [-0.39, 0.29) is 21.7 Å². The largest absolute Gasteiger partial charge is 0.478 e. The van der Waals surface area contributed by atoms with Gasteiger partial charge in [-0.2, -0.15) is 0 Å². The first kappa shape index (κ1) is 24.3. The van der Waals surface area contributed by atoms with Gasteiger partial charge in [0.2, 0.25) is 0 Å². The van der Waals surface area contributed by atoms with Gasteiger partial charge in [0.15, 0.2) is 5.78 Å². The Kier molecular flexibility index (Phi) is 14.8. The molecule has 0 aliphatic carbocycles. The van der Waals surface area contributed by atoms with E-state index in [0.717, 1.165) is 0 Å². The van der Waals surface area contributed by atoms with Crippen molar-refractivity contribution < 1.29 is 14.7 Å². The van der Waals surface area contributed by atoms with Crippen LogP contribution >= 0.6 is 23.2 Å². The second kappa shape index (κ2) is 14.6. The highest BCUT2D eigenvalue weighted by molar-refractivity contribution is 6.32. The summed E-state index contributed by atoms with van der Waals surface area (Å²) in [5.74, 6) is -1.11. The second-order valence-corrected chi connectivity index (χ2v) is 4.26. The summed E-state index contributed by atoms with van der Waals surface area (Å²) in [5.41, 5.74) is 0.508. The van der Waals surface area contributed by atoms with Gasteiger partial charge in [-0.05, 0) is 31.2 Å². The van der Waals surface area contributed by atoms with E-state index in [2.05, 4.69) is 9.97 Å². The molecule has 0 saturated carbocycles. The molecule has 0 amide bonds. The number of carboxylic acid groups (broad SMARTS) is 1. The molecule has 0 spiro atoms. The van der Waals surface area contributed by atoms with Crippen molar-refractivity contribution in [3.05, 3.63) is 58.1 Å². The third-order valence-electron chi connectivity index (χ3n) is 2.13. The van der Waals surface area contributed by atoms with Crippen LogP contribution in [0.25, 0.3) is 0 Å². The van der Waals surface area contributed by atoms with Crippen molar-refractivity contribution in [3.8, 4) is 0 Å². The van der Waals surface area contributed by atoms with Crippen molar-refractivity contribution in [3.63, 3.8) is 0 Å². The molecule has 0 bridgehead atoms. The lowest BCUT2D eigenvalue weighted by molar-refractivity contribution is 0.0696. The summed E-state index contributed by atoms with van der Waals surface area (Å²) >= 11 is 11.0. The van der Waals surface area contributed by atoms with E-state index in [0.29, 0.717) is 5.56 Å². The van der Waals surface area contributed by atoms with Gasteiger partial charge in [0.25, 0.3) is 0 Å². The van der Waals surface area contributed by atoms with Crippen molar-refractivity contribution in [1.29, 1.82) is 0 Å². The maximum atomic E-state index is 10.7. The zero-order valence-corrected chi connectivity index (χ0v) is 15.9. The van der Waals surface area contributed by atoms with Gasteiger partial charge in [-0.3, -0.25) is 4.79 Å². The fourth-order valence-electron chi connectivity index (χ4n) is 1.19. The average molecular weight is 373 g/mol. The number of carbonyl (C=O) groups is 2. The molecule has 0 aliphatic heterocycles. The van der Waals surface area contributed by atoms with E-state index in [4.69, 9.17) is 28.3 Å². The molecule has 0 aliphatic rings. The Bertz CT molecular complexity index is 579. The summed E-state index contributed by atoms with van der Waals surface area (Å²) in [6, 6.07) is 6.26.